The molecule has 10 heavy (non-hydrogen) atoms. The maximum atomic E-state index is 10.7. The van der Waals surface area contributed by atoms with Crippen molar-refractivity contribution in [3.8, 4) is 0 Å². The van der Waals surface area contributed by atoms with E-state index in [9.17, 15) is 4.79 Å². The van der Waals surface area contributed by atoms with Crippen LogP contribution in [0.5, 0.6) is 0 Å². The van der Waals surface area contributed by atoms with Gasteiger partial charge in [0.2, 0.25) is 0 Å². The van der Waals surface area contributed by atoms with Crippen LogP contribution in [0.2, 0.25) is 0 Å². The molecule has 0 radical (unpaired) electrons. The van der Waals surface area contributed by atoms with Crippen molar-refractivity contribution in [2.24, 2.45) is 0 Å². The van der Waals surface area contributed by atoms with Gasteiger partial charge in [-0.3, -0.25) is 0 Å². The Kier molecular flexibility index (Phi) is 5.03. The Bertz CT molecular complexity index is 141. The molecule has 0 aliphatic rings. The minimum atomic E-state index is -0.319. The summed E-state index contributed by atoms with van der Waals surface area (Å²) in [5.41, 5.74) is 0.820. The van der Waals surface area contributed by atoms with Crippen molar-refractivity contribution in [2.75, 3.05) is 12.5 Å². The van der Waals surface area contributed by atoms with E-state index in [1.807, 2.05) is 0 Å². The number of rotatable bonds is 3. The molecule has 0 heterocycles. The van der Waals surface area contributed by atoms with Gasteiger partial charge in [0, 0.05) is 12.0 Å². The maximum Gasteiger partial charge on any atom is 0.330 e. The predicted molar refractivity (Wildman–Crippen MR) is 41.1 cm³/mol. The van der Waals surface area contributed by atoms with Crippen LogP contribution in [0.3, 0.4) is 0 Å². The van der Waals surface area contributed by atoms with Gasteiger partial charge in [-0.1, -0.05) is 5.57 Å². The smallest absolute Gasteiger partial charge is 0.330 e. The van der Waals surface area contributed by atoms with E-state index in [0.29, 0.717) is 12.5 Å². The van der Waals surface area contributed by atoms with Crippen LogP contribution in [-0.2, 0) is 9.53 Å². The van der Waals surface area contributed by atoms with Crippen LogP contribution in [0.15, 0.2) is 11.6 Å². The van der Waals surface area contributed by atoms with Gasteiger partial charge in [-0.15, -0.1) is 11.6 Å². The third-order valence-corrected chi connectivity index (χ3v) is 1.28. The fourth-order valence-electron chi connectivity index (χ4n) is 0.424. The first-order valence-corrected chi connectivity index (χ1v) is 3.64. The van der Waals surface area contributed by atoms with E-state index >= 15 is 0 Å². The number of alkyl halides is 1. The lowest BCUT2D eigenvalue weighted by atomic mass is 10.3. The van der Waals surface area contributed by atoms with Crippen molar-refractivity contribution in [2.45, 2.75) is 13.8 Å². The Labute approximate surface area is 65.8 Å². The molecule has 58 valence electrons. The predicted octanol–water partition coefficient (Wildman–Crippen LogP) is 1.73. The number of hydrogen-bond acceptors (Lipinski definition) is 2. The molecule has 0 unspecified atom stereocenters. The fraction of sp³-hybridized carbons (Fsp3) is 0.571. The lowest BCUT2D eigenvalue weighted by Crippen LogP contribution is -2.00. The number of ether oxygens (including phenoxy) is 1. The van der Waals surface area contributed by atoms with E-state index in [1.54, 1.807) is 13.8 Å². The van der Waals surface area contributed by atoms with Crippen molar-refractivity contribution >= 4 is 17.6 Å². The number of hydrogen-bond donors (Lipinski definition) is 0. The molecular formula is C7H11ClO2. The van der Waals surface area contributed by atoms with Crippen LogP contribution in [0.1, 0.15) is 13.8 Å². The summed E-state index contributed by atoms with van der Waals surface area (Å²) >= 11 is 5.42. The minimum absolute atomic E-state index is 0.319. The first kappa shape index (κ1) is 9.50. The molecule has 0 aliphatic heterocycles. The summed E-state index contributed by atoms with van der Waals surface area (Å²) < 4.78 is 4.64. The van der Waals surface area contributed by atoms with Gasteiger partial charge < -0.3 is 4.74 Å². The number of esters is 1. The molecule has 3 heteroatoms. The molecule has 0 N–H and O–H groups in total. The van der Waals surface area contributed by atoms with Crippen LogP contribution in [0, 0.1) is 0 Å². The Balaban J connectivity index is 3.75. The minimum Gasteiger partial charge on any atom is -0.463 e. The topological polar surface area (TPSA) is 26.3 Å². The highest BCUT2D eigenvalue weighted by Crippen LogP contribution is 1.95. The molecule has 0 saturated carbocycles. The number of allylic oxidation sites excluding steroid dienone is 1. The number of carbonyl (C=O) groups is 1. The monoisotopic (exact) mass is 162 g/mol. The highest BCUT2D eigenvalue weighted by molar-refractivity contribution is 6.19. The lowest BCUT2D eigenvalue weighted by molar-refractivity contribution is -0.137. The molecule has 0 aromatic heterocycles. The molecule has 0 spiro atoms. The maximum absolute atomic E-state index is 10.7. The van der Waals surface area contributed by atoms with Gasteiger partial charge in [0.1, 0.15) is 0 Å². The molecule has 0 aromatic rings. The van der Waals surface area contributed by atoms with Crippen molar-refractivity contribution < 1.29 is 9.53 Å². The first-order chi connectivity index (χ1) is 4.70. The van der Waals surface area contributed by atoms with Gasteiger partial charge in [0.05, 0.1) is 6.61 Å². The number of carbonyl (C=O) groups excluding carboxylic acids is 1. The highest BCUT2D eigenvalue weighted by Gasteiger charge is 1.95. The molecule has 0 amide bonds. The number of halogens is 1. The summed E-state index contributed by atoms with van der Waals surface area (Å²) in [4.78, 5) is 10.7. The zero-order valence-corrected chi connectivity index (χ0v) is 6.94. The molecule has 0 saturated heterocycles. The third kappa shape index (κ3) is 4.39. The van der Waals surface area contributed by atoms with Crippen molar-refractivity contribution in [3.63, 3.8) is 0 Å². The van der Waals surface area contributed by atoms with Crippen molar-refractivity contribution in [1.29, 1.82) is 0 Å². The fourth-order valence-corrected chi connectivity index (χ4v) is 0.501. The quantitative estimate of drug-likeness (QED) is 0.359. The van der Waals surface area contributed by atoms with Crippen LogP contribution in [0.4, 0.5) is 0 Å². The summed E-state index contributed by atoms with van der Waals surface area (Å²) in [5.74, 6) is 0.0550. The van der Waals surface area contributed by atoms with Gasteiger partial charge >= 0.3 is 5.97 Å². The molecule has 0 fully saturated rings. The van der Waals surface area contributed by atoms with Crippen LogP contribution in [0.25, 0.3) is 0 Å². The summed E-state index contributed by atoms with van der Waals surface area (Å²) in [6, 6.07) is 0. The normalized spacial score (nSPS) is 11.3. The van der Waals surface area contributed by atoms with Crippen molar-refractivity contribution in [1.82, 2.24) is 0 Å². The molecule has 0 bridgehead atoms. The average molecular weight is 163 g/mol. The van der Waals surface area contributed by atoms with E-state index in [2.05, 4.69) is 4.74 Å². The van der Waals surface area contributed by atoms with Gasteiger partial charge in [-0.2, -0.15) is 0 Å². The van der Waals surface area contributed by atoms with Crippen LogP contribution in [-0.4, -0.2) is 18.5 Å². The molecule has 2 nitrogen and oxygen atoms in total. The van der Waals surface area contributed by atoms with E-state index in [0.717, 1.165) is 5.57 Å². The van der Waals surface area contributed by atoms with Gasteiger partial charge in [0.25, 0.3) is 0 Å². The first-order valence-electron chi connectivity index (χ1n) is 3.10. The SMILES string of the molecule is CCOC(=O)C=C(C)CCl. The molecule has 0 rings (SSSR count). The second-order valence-corrected chi connectivity index (χ2v) is 2.14. The van der Waals surface area contributed by atoms with Crippen LogP contribution >= 0.6 is 11.6 Å². The van der Waals surface area contributed by atoms with E-state index in [-0.39, 0.29) is 5.97 Å². The largest absolute Gasteiger partial charge is 0.463 e. The van der Waals surface area contributed by atoms with E-state index in [1.165, 1.54) is 6.08 Å². The Morgan fingerprint density at radius 3 is 2.70 bits per heavy atom. The summed E-state index contributed by atoms with van der Waals surface area (Å²) in [6.45, 7) is 3.95. The third-order valence-electron chi connectivity index (χ3n) is 0.862. The summed E-state index contributed by atoms with van der Waals surface area (Å²) in [7, 11) is 0. The molecular weight excluding hydrogens is 152 g/mol. The Morgan fingerprint density at radius 2 is 2.30 bits per heavy atom. The van der Waals surface area contributed by atoms with Crippen molar-refractivity contribution in [3.05, 3.63) is 11.6 Å². The Morgan fingerprint density at radius 1 is 1.70 bits per heavy atom. The second-order valence-electron chi connectivity index (χ2n) is 1.88. The van der Waals surface area contributed by atoms with E-state index in [4.69, 9.17) is 11.6 Å². The van der Waals surface area contributed by atoms with Gasteiger partial charge in [0.15, 0.2) is 0 Å². The standard InChI is InChI=1S/C7H11ClO2/c1-3-10-7(9)4-6(2)5-8/h4H,3,5H2,1-2H3. The lowest BCUT2D eigenvalue weighted by Gasteiger charge is -1.95. The molecule has 0 atom stereocenters. The van der Waals surface area contributed by atoms with E-state index < -0.39 is 0 Å². The highest BCUT2D eigenvalue weighted by atomic mass is 35.5. The second kappa shape index (κ2) is 5.30. The average Bonchev–Trinajstić information content (AvgIpc) is 1.88. The zero-order chi connectivity index (χ0) is 7.98. The zero-order valence-electron chi connectivity index (χ0n) is 6.19. The van der Waals surface area contributed by atoms with Crippen LogP contribution < -0.4 is 0 Å². The van der Waals surface area contributed by atoms with Gasteiger partial charge in [-0.25, -0.2) is 4.79 Å². The van der Waals surface area contributed by atoms with Gasteiger partial charge in [-0.05, 0) is 13.8 Å². The molecule has 0 aliphatic carbocycles. The summed E-state index contributed by atoms with van der Waals surface area (Å²) in [6.07, 6.45) is 1.40. The molecule has 0 aromatic carbocycles. The Hall–Kier alpha value is -0.500. The summed E-state index contributed by atoms with van der Waals surface area (Å²) in [5, 5.41) is 0.